The van der Waals surface area contributed by atoms with Gasteiger partial charge in [-0.2, -0.15) is 0 Å². The number of carbonyl (C=O) groups is 1. The van der Waals surface area contributed by atoms with E-state index in [0.29, 0.717) is 37.4 Å². The summed E-state index contributed by atoms with van der Waals surface area (Å²) in [6, 6.07) is 16.4. The van der Waals surface area contributed by atoms with Crippen molar-refractivity contribution in [3.05, 3.63) is 59.7 Å². The molecule has 2 aromatic rings. The summed E-state index contributed by atoms with van der Waals surface area (Å²) >= 11 is 0. The molecule has 150 valence electrons. The van der Waals surface area contributed by atoms with Gasteiger partial charge in [-0.3, -0.25) is 4.79 Å². The third-order valence-electron chi connectivity index (χ3n) is 4.98. The summed E-state index contributed by atoms with van der Waals surface area (Å²) in [7, 11) is 1.68. The summed E-state index contributed by atoms with van der Waals surface area (Å²) in [6.07, 6.45) is 3.93. The van der Waals surface area contributed by atoms with Crippen molar-refractivity contribution in [3.8, 4) is 11.5 Å². The lowest BCUT2D eigenvalue weighted by Gasteiger charge is -2.26. The Kier molecular flexibility index (Phi) is 7.31. The second-order valence-electron chi connectivity index (χ2n) is 7.14. The lowest BCUT2D eigenvalue weighted by Crippen LogP contribution is -2.27. The summed E-state index contributed by atoms with van der Waals surface area (Å²) < 4.78 is 17.1. The Morgan fingerprint density at radius 3 is 2.54 bits per heavy atom. The van der Waals surface area contributed by atoms with Gasteiger partial charge in [-0.15, -0.1) is 0 Å². The number of hydrogen-bond donors (Lipinski definition) is 0. The average Bonchev–Trinajstić information content (AvgIpc) is 3.56. The van der Waals surface area contributed by atoms with E-state index in [1.54, 1.807) is 7.11 Å². The van der Waals surface area contributed by atoms with E-state index >= 15 is 0 Å². The second kappa shape index (κ2) is 10.1. The molecule has 5 nitrogen and oxygen atoms in total. The molecule has 5 heteroatoms. The SMILES string of the molecule is COCCCOc1cc(C(C)N(C=O)C2CC2)ccc1OCc1ccccc1. The summed E-state index contributed by atoms with van der Waals surface area (Å²) in [5, 5.41) is 0. The Bertz CT molecular complexity index is 746. The molecule has 0 aliphatic heterocycles. The van der Waals surface area contributed by atoms with Gasteiger partial charge in [0.1, 0.15) is 6.61 Å². The molecule has 0 N–H and O–H groups in total. The fraction of sp³-hybridized carbons (Fsp3) is 0.435. The van der Waals surface area contributed by atoms with Crippen LogP contribution in [-0.2, 0) is 16.1 Å². The Morgan fingerprint density at radius 1 is 1.07 bits per heavy atom. The van der Waals surface area contributed by atoms with Crippen molar-refractivity contribution in [2.45, 2.75) is 44.9 Å². The maximum Gasteiger partial charge on any atom is 0.210 e. The first-order chi connectivity index (χ1) is 13.7. The van der Waals surface area contributed by atoms with E-state index in [2.05, 4.69) is 6.92 Å². The molecule has 1 fully saturated rings. The number of amides is 1. The zero-order valence-electron chi connectivity index (χ0n) is 16.7. The van der Waals surface area contributed by atoms with Crippen LogP contribution < -0.4 is 9.47 Å². The van der Waals surface area contributed by atoms with Crippen LogP contribution in [0.3, 0.4) is 0 Å². The van der Waals surface area contributed by atoms with Crippen LogP contribution in [-0.4, -0.2) is 37.7 Å². The smallest absolute Gasteiger partial charge is 0.210 e. The van der Waals surface area contributed by atoms with Gasteiger partial charge in [-0.1, -0.05) is 36.4 Å². The van der Waals surface area contributed by atoms with Crippen molar-refractivity contribution in [2.75, 3.05) is 20.3 Å². The van der Waals surface area contributed by atoms with Crippen LogP contribution in [0.2, 0.25) is 0 Å². The average molecular weight is 383 g/mol. The highest BCUT2D eigenvalue weighted by Gasteiger charge is 2.32. The minimum absolute atomic E-state index is 0.00879. The highest BCUT2D eigenvalue weighted by atomic mass is 16.5. The zero-order chi connectivity index (χ0) is 19.8. The number of rotatable bonds is 12. The van der Waals surface area contributed by atoms with E-state index in [4.69, 9.17) is 14.2 Å². The lowest BCUT2D eigenvalue weighted by molar-refractivity contribution is -0.120. The van der Waals surface area contributed by atoms with E-state index < -0.39 is 0 Å². The molecule has 3 rings (SSSR count). The van der Waals surface area contributed by atoms with Gasteiger partial charge < -0.3 is 19.1 Å². The topological polar surface area (TPSA) is 48.0 Å². The lowest BCUT2D eigenvalue weighted by atomic mass is 10.1. The maximum atomic E-state index is 11.5. The summed E-state index contributed by atoms with van der Waals surface area (Å²) in [6.45, 7) is 3.73. The first-order valence-electron chi connectivity index (χ1n) is 9.88. The molecular weight excluding hydrogens is 354 g/mol. The number of methoxy groups -OCH3 is 1. The van der Waals surface area contributed by atoms with Gasteiger partial charge in [0, 0.05) is 26.2 Å². The molecule has 1 unspecified atom stereocenters. The van der Waals surface area contributed by atoms with E-state index in [1.165, 1.54) is 0 Å². The van der Waals surface area contributed by atoms with Gasteiger partial charge >= 0.3 is 0 Å². The third kappa shape index (κ3) is 5.49. The van der Waals surface area contributed by atoms with Gasteiger partial charge in [0.15, 0.2) is 11.5 Å². The van der Waals surface area contributed by atoms with Crippen LogP contribution in [0.25, 0.3) is 0 Å². The van der Waals surface area contributed by atoms with Gasteiger partial charge in [0.05, 0.1) is 12.6 Å². The summed E-state index contributed by atoms with van der Waals surface area (Å²) in [5.41, 5.74) is 2.15. The molecular formula is C23H29NO4. The van der Waals surface area contributed by atoms with Crippen molar-refractivity contribution >= 4 is 6.41 Å². The van der Waals surface area contributed by atoms with Crippen LogP contribution in [0, 0.1) is 0 Å². The maximum absolute atomic E-state index is 11.5. The molecule has 0 heterocycles. The molecule has 0 aromatic heterocycles. The normalized spacial score (nSPS) is 14.4. The first-order valence-corrected chi connectivity index (χ1v) is 9.88. The van der Waals surface area contributed by atoms with Crippen LogP contribution in [0.15, 0.2) is 48.5 Å². The minimum Gasteiger partial charge on any atom is -0.490 e. The second-order valence-corrected chi connectivity index (χ2v) is 7.14. The van der Waals surface area contributed by atoms with E-state index in [0.717, 1.165) is 36.8 Å². The third-order valence-corrected chi connectivity index (χ3v) is 4.98. The monoisotopic (exact) mass is 383 g/mol. The first kappa shape index (κ1) is 20.2. The fourth-order valence-electron chi connectivity index (χ4n) is 3.18. The Labute approximate surface area is 167 Å². The van der Waals surface area contributed by atoms with Gasteiger partial charge in [0.2, 0.25) is 6.41 Å². The molecule has 0 bridgehead atoms. The van der Waals surface area contributed by atoms with Crippen LogP contribution >= 0.6 is 0 Å². The zero-order valence-corrected chi connectivity index (χ0v) is 16.7. The number of carbonyl (C=O) groups excluding carboxylic acids is 1. The van der Waals surface area contributed by atoms with Crippen molar-refractivity contribution < 1.29 is 19.0 Å². The highest BCUT2D eigenvalue weighted by Crippen LogP contribution is 2.36. The number of hydrogen-bond acceptors (Lipinski definition) is 4. The molecule has 0 saturated heterocycles. The minimum atomic E-state index is 0.00879. The predicted octanol–water partition coefficient (Wildman–Crippen LogP) is 4.36. The molecule has 1 saturated carbocycles. The van der Waals surface area contributed by atoms with Gasteiger partial charge in [-0.05, 0) is 43.0 Å². The largest absolute Gasteiger partial charge is 0.490 e. The molecule has 1 aliphatic carbocycles. The van der Waals surface area contributed by atoms with Crippen molar-refractivity contribution in [1.29, 1.82) is 0 Å². The van der Waals surface area contributed by atoms with Crippen LogP contribution in [0.1, 0.15) is 43.4 Å². The number of ether oxygens (including phenoxy) is 3. The Hall–Kier alpha value is -2.53. The van der Waals surface area contributed by atoms with Crippen LogP contribution in [0.5, 0.6) is 11.5 Å². The molecule has 1 atom stereocenters. The Morgan fingerprint density at radius 2 is 1.86 bits per heavy atom. The van der Waals surface area contributed by atoms with Gasteiger partial charge in [0.25, 0.3) is 0 Å². The summed E-state index contributed by atoms with van der Waals surface area (Å²) in [5.74, 6) is 1.42. The van der Waals surface area contributed by atoms with E-state index in [-0.39, 0.29) is 6.04 Å². The Balaban J connectivity index is 1.74. The quantitative estimate of drug-likeness (QED) is 0.404. The van der Waals surface area contributed by atoms with Crippen LogP contribution in [0.4, 0.5) is 0 Å². The summed E-state index contributed by atoms with van der Waals surface area (Å²) in [4.78, 5) is 13.4. The van der Waals surface area contributed by atoms with Crippen molar-refractivity contribution in [1.82, 2.24) is 4.90 Å². The number of nitrogens with zero attached hydrogens (tertiary/aromatic N) is 1. The predicted molar refractivity (Wildman–Crippen MR) is 109 cm³/mol. The standard InChI is InChI=1S/C23H29NO4/c1-18(24(17-25)21-10-11-21)20-9-12-22(23(15-20)27-14-6-13-26-2)28-16-19-7-4-3-5-8-19/h3-5,7-9,12,15,17-18,21H,6,10-11,13-14,16H2,1-2H3. The molecule has 28 heavy (non-hydrogen) atoms. The van der Waals surface area contributed by atoms with Crippen molar-refractivity contribution in [3.63, 3.8) is 0 Å². The van der Waals surface area contributed by atoms with E-state index in [9.17, 15) is 4.79 Å². The molecule has 1 amide bonds. The molecule has 0 radical (unpaired) electrons. The fourth-order valence-corrected chi connectivity index (χ4v) is 3.18. The highest BCUT2D eigenvalue weighted by molar-refractivity contribution is 5.51. The molecule has 0 spiro atoms. The molecule has 2 aromatic carbocycles. The number of benzene rings is 2. The van der Waals surface area contributed by atoms with Gasteiger partial charge in [-0.25, -0.2) is 0 Å². The molecule has 1 aliphatic rings. The van der Waals surface area contributed by atoms with E-state index in [1.807, 2.05) is 53.4 Å². The van der Waals surface area contributed by atoms with Crippen molar-refractivity contribution in [2.24, 2.45) is 0 Å².